The van der Waals surface area contributed by atoms with Gasteiger partial charge in [-0.15, -0.1) is 24.0 Å². The minimum absolute atomic E-state index is 0. The summed E-state index contributed by atoms with van der Waals surface area (Å²) in [6, 6.07) is 8.02. The van der Waals surface area contributed by atoms with Crippen molar-refractivity contribution in [2.75, 3.05) is 11.9 Å². The van der Waals surface area contributed by atoms with Crippen LogP contribution in [0.1, 0.15) is 35.4 Å². The van der Waals surface area contributed by atoms with Gasteiger partial charge in [0.2, 0.25) is 0 Å². The van der Waals surface area contributed by atoms with Crippen LogP contribution in [0.5, 0.6) is 0 Å². The van der Waals surface area contributed by atoms with E-state index in [1.54, 1.807) is 0 Å². The number of aryl methyl sites for hydroxylation is 3. The molecule has 3 N–H and O–H groups in total. The molecule has 5 nitrogen and oxygen atoms in total. The summed E-state index contributed by atoms with van der Waals surface area (Å²) >= 11 is 0. The van der Waals surface area contributed by atoms with Crippen molar-refractivity contribution in [3.8, 4) is 0 Å². The molecule has 6 heteroatoms. The van der Waals surface area contributed by atoms with Crippen LogP contribution >= 0.6 is 24.0 Å². The summed E-state index contributed by atoms with van der Waals surface area (Å²) in [6.07, 6.45) is 0. The quantitative estimate of drug-likeness (QED) is 0.454. The number of rotatable bonds is 4. The lowest BCUT2D eigenvalue weighted by atomic mass is 10.00. The molecule has 0 aliphatic carbocycles. The molecule has 0 bridgehead atoms. The molecule has 22 heavy (non-hydrogen) atoms. The zero-order valence-electron chi connectivity index (χ0n) is 13.4. The highest BCUT2D eigenvalue weighted by Crippen LogP contribution is 2.23. The number of benzene rings is 1. The predicted octanol–water partition coefficient (Wildman–Crippen LogP) is 3.75. The number of hydrogen-bond donors (Lipinski definition) is 2. The van der Waals surface area contributed by atoms with Gasteiger partial charge in [0.25, 0.3) is 0 Å². The summed E-state index contributed by atoms with van der Waals surface area (Å²) < 4.78 is 5.18. The van der Waals surface area contributed by atoms with Crippen LogP contribution in [-0.4, -0.2) is 17.7 Å². The summed E-state index contributed by atoms with van der Waals surface area (Å²) in [4.78, 5) is 4.39. The summed E-state index contributed by atoms with van der Waals surface area (Å²) in [5.74, 6) is 1.48. The Hall–Kier alpha value is -1.57. The molecule has 2 aromatic rings. The van der Waals surface area contributed by atoms with Crippen molar-refractivity contribution >= 4 is 35.6 Å². The monoisotopic (exact) mass is 414 g/mol. The lowest BCUT2D eigenvalue weighted by Gasteiger charge is -2.10. The van der Waals surface area contributed by atoms with Gasteiger partial charge in [-0.25, -0.2) is 0 Å². The third-order valence-corrected chi connectivity index (χ3v) is 3.44. The van der Waals surface area contributed by atoms with Crippen molar-refractivity contribution in [3.63, 3.8) is 0 Å². The second-order valence-electron chi connectivity index (χ2n) is 5.36. The van der Waals surface area contributed by atoms with E-state index in [4.69, 9.17) is 10.3 Å². The summed E-state index contributed by atoms with van der Waals surface area (Å²) in [7, 11) is 0. The fourth-order valence-electron chi connectivity index (χ4n) is 2.34. The van der Waals surface area contributed by atoms with Crippen LogP contribution in [0, 0.1) is 20.8 Å². The Morgan fingerprint density at radius 1 is 1.27 bits per heavy atom. The average Bonchev–Trinajstić information content (AvgIpc) is 2.78. The maximum atomic E-state index is 5.92. The molecule has 1 aromatic carbocycles. The summed E-state index contributed by atoms with van der Waals surface area (Å²) in [5.41, 5.74) is 10.1. The molecule has 0 aliphatic heterocycles. The molecule has 0 amide bonds. The van der Waals surface area contributed by atoms with Crippen LogP contribution in [-0.2, 0) is 0 Å². The first-order valence-corrected chi connectivity index (χ1v) is 7.03. The molecule has 0 saturated carbocycles. The van der Waals surface area contributed by atoms with Gasteiger partial charge < -0.3 is 15.6 Å². The fraction of sp³-hybridized carbons (Fsp3) is 0.375. The molecule has 1 heterocycles. The van der Waals surface area contributed by atoms with E-state index in [1.807, 2.05) is 45.0 Å². The van der Waals surface area contributed by atoms with Gasteiger partial charge >= 0.3 is 0 Å². The van der Waals surface area contributed by atoms with Gasteiger partial charge in [-0.2, -0.15) is 0 Å². The Labute approximate surface area is 148 Å². The molecule has 2 rings (SSSR count). The van der Waals surface area contributed by atoms with Gasteiger partial charge in [-0.1, -0.05) is 29.8 Å². The van der Waals surface area contributed by atoms with E-state index < -0.39 is 0 Å². The standard InChI is InChI=1S/C16H22N4O.HI/c1-10-5-7-14(8-6-10)19-16(17)18-9-11(2)15-12(3)20-21-13(15)4;/h5-8,11H,9H2,1-4H3,(H3,17,18,19);1H. The molecule has 0 aliphatic rings. The van der Waals surface area contributed by atoms with Crippen LogP contribution in [0.4, 0.5) is 5.69 Å². The van der Waals surface area contributed by atoms with Crippen LogP contribution < -0.4 is 11.1 Å². The summed E-state index contributed by atoms with van der Waals surface area (Å²) in [6.45, 7) is 8.60. The van der Waals surface area contributed by atoms with E-state index in [0.29, 0.717) is 12.5 Å². The Morgan fingerprint density at radius 3 is 2.45 bits per heavy atom. The third-order valence-electron chi connectivity index (χ3n) is 3.44. The minimum Gasteiger partial charge on any atom is -0.370 e. The number of halogens is 1. The highest BCUT2D eigenvalue weighted by atomic mass is 127. The Morgan fingerprint density at radius 2 is 1.91 bits per heavy atom. The molecular weight excluding hydrogens is 391 g/mol. The number of nitrogens with zero attached hydrogens (tertiary/aromatic N) is 2. The Kier molecular flexibility index (Phi) is 6.86. The van der Waals surface area contributed by atoms with E-state index >= 15 is 0 Å². The maximum absolute atomic E-state index is 5.92. The zero-order valence-corrected chi connectivity index (χ0v) is 15.7. The van der Waals surface area contributed by atoms with E-state index in [0.717, 1.165) is 22.7 Å². The van der Waals surface area contributed by atoms with E-state index in [9.17, 15) is 0 Å². The Bertz CT molecular complexity index is 615. The van der Waals surface area contributed by atoms with Crippen molar-refractivity contribution in [3.05, 3.63) is 46.8 Å². The van der Waals surface area contributed by atoms with Gasteiger partial charge in [0.15, 0.2) is 5.96 Å². The second-order valence-corrected chi connectivity index (χ2v) is 5.36. The van der Waals surface area contributed by atoms with Gasteiger partial charge in [0.05, 0.1) is 5.69 Å². The number of nitrogens with one attached hydrogen (secondary N) is 1. The fourth-order valence-corrected chi connectivity index (χ4v) is 2.34. The first-order valence-electron chi connectivity index (χ1n) is 7.03. The molecule has 120 valence electrons. The van der Waals surface area contributed by atoms with Crippen LogP contribution in [0.25, 0.3) is 0 Å². The Balaban J connectivity index is 0.00000242. The van der Waals surface area contributed by atoms with Crippen molar-refractivity contribution in [1.29, 1.82) is 0 Å². The molecule has 0 fully saturated rings. The van der Waals surface area contributed by atoms with Crippen molar-refractivity contribution in [2.45, 2.75) is 33.6 Å². The zero-order chi connectivity index (χ0) is 15.4. The minimum atomic E-state index is 0. The molecule has 1 atom stereocenters. The maximum Gasteiger partial charge on any atom is 0.193 e. The first kappa shape index (κ1) is 18.5. The van der Waals surface area contributed by atoms with Gasteiger partial charge in [-0.3, -0.25) is 4.99 Å². The average molecular weight is 414 g/mol. The van der Waals surface area contributed by atoms with Gasteiger partial charge in [0, 0.05) is 23.7 Å². The van der Waals surface area contributed by atoms with Crippen LogP contribution in [0.15, 0.2) is 33.8 Å². The molecule has 0 radical (unpaired) electrons. The SMILES string of the molecule is Cc1ccc(NC(N)=NCC(C)c2c(C)noc2C)cc1.I. The van der Waals surface area contributed by atoms with Crippen LogP contribution in [0.3, 0.4) is 0 Å². The van der Waals surface area contributed by atoms with E-state index in [2.05, 4.69) is 22.4 Å². The van der Waals surface area contributed by atoms with Crippen molar-refractivity contribution in [2.24, 2.45) is 10.7 Å². The highest BCUT2D eigenvalue weighted by molar-refractivity contribution is 14.0. The highest BCUT2D eigenvalue weighted by Gasteiger charge is 2.15. The number of nitrogens with two attached hydrogens (primary N) is 1. The van der Waals surface area contributed by atoms with E-state index in [1.165, 1.54) is 5.56 Å². The molecule has 0 spiro atoms. The third kappa shape index (κ3) is 4.72. The summed E-state index contributed by atoms with van der Waals surface area (Å²) in [5, 5.41) is 7.06. The van der Waals surface area contributed by atoms with Crippen LogP contribution in [0.2, 0.25) is 0 Å². The largest absolute Gasteiger partial charge is 0.370 e. The van der Waals surface area contributed by atoms with Gasteiger partial charge in [0.1, 0.15) is 5.76 Å². The van der Waals surface area contributed by atoms with Gasteiger partial charge in [-0.05, 0) is 32.9 Å². The molecule has 1 aromatic heterocycles. The number of aromatic nitrogens is 1. The van der Waals surface area contributed by atoms with E-state index in [-0.39, 0.29) is 29.9 Å². The smallest absolute Gasteiger partial charge is 0.193 e. The predicted molar refractivity (Wildman–Crippen MR) is 101 cm³/mol. The number of aliphatic imine (C=N–C) groups is 1. The lowest BCUT2D eigenvalue weighted by molar-refractivity contribution is 0.391. The molecule has 0 saturated heterocycles. The molecule has 1 unspecified atom stereocenters. The molecular formula is C16H23IN4O. The number of anilines is 1. The second kappa shape index (κ2) is 8.17. The lowest BCUT2D eigenvalue weighted by Crippen LogP contribution is -2.23. The normalized spacial score (nSPS) is 12.6. The topological polar surface area (TPSA) is 76.4 Å². The number of guanidine groups is 1. The van der Waals surface area contributed by atoms with Crippen molar-refractivity contribution in [1.82, 2.24) is 5.16 Å². The first-order chi connectivity index (χ1) is 9.97. The number of hydrogen-bond acceptors (Lipinski definition) is 3. The van der Waals surface area contributed by atoms with Crippen molar-refractivity contribution < 1.29 is 4.52 Å².